The summed E-state index contributed by atoms with van der Waals surface area (Å²) < 4.78 is 5.88. The average Bonchev–Trinajstić information content (AvgIpc) is 2.43. The number of likely N-dealkylation sites (N-methyl/N-ethyl adjacent to an activating group) is 1. The van der Waals surface area contributed by atoms with Crippen LogP contribution in [0.15, 0.2) is 12.7 Å². The number of hydrogen-bond acceptors (Lipinski definition) is 3. The van der Waals surface area contributed by atoms with Gasteiger partial charge >= 0.3 is 6.09 Å². The molecule has 0 aromatic heterocycles. The zero-order chi connectivity index (χ0) is 15.0. The maximum Gasteiger partial charge on any atom is 0.407 e. The molecule has 1 fully saturated rings. The summed E-state index contributed by atoms with van der Waals surface area (Å²) in [6, 6.07) is 0.158. The molecule has 0 bridgehead atoms. The summed E-state index contributed by atoms with van der Waals surface area (Å²) in [6.45, 7) is 6.43. The molecule has 0 aliphatic heterocycles. The highest BCUT2D eigenvalue weighted by Crippen LogP contribution is 2.24. The molecule has 0 spiro atoms. The van der Waals surface area contributed by atoms with Crippen LogP contribution in [0.2, 0.25) is 0 Å². The Morgan fingerprint density at radius 3 is 2.55 bits per heavy atom. The van der Waals surface area contributed by atoms with Crippen LogP contribution in [0.25, 0.3) is 0 Å². The average molecular weight is 284 g/mol. The zero-order valence-corrected chi connectivity index (χ0v) is 12.8. The third kappa shape index (κ3) is 5.92. The summed E-state index contributed by atoms with van der Waals surface area (Å²) in [5, 5.41) is 8.95. The minimum atomic E-state index is -0.834. The Bertz CT molecular complexity index is 301. The molecular weight excluding hydrogens is 256 g/mol. The molecule has 0 atom stereocenters. The van der Waals surface area contributed by atoms with Crippen molar-refractivity contribution in [2.45, 2.75) is 44.2 Å². The van der Waals surface area contributed by atoms with Gasteiger partial charge in [-0.2, -0.15) is 0 Å². The second-order valence-corrected chi connectivity index (χ2v) is 5.60. The lowest BCUT2D eigenvalue weighted by Crippen LogP contribution is -2.40. The van der Waals surface area contributed by atoms with Crippen LogP contribution in [-0.4, -0.2) is 66.9 Å². The zero-order valence-electron chi connectivity index (χ0n) is 12.8. The molecule has 1 aliphatic rings. The van der Waals surface area contributed by atoms with E-state index in [-0.39, 0.29) is 6.04 Å². The molecule has 1 aliphatic carbocycles. The van der Waals surface area contributed by atoms with E-state index in [1.54, 1.807) is 7.05 Å². The molecule has 0 aromatic carbocycles. The molecule has 1 saturated carbocycles. The topological polar surface area (TPSA) is 53.0 Å². The number of ether oxygens (including phenoxy) is 1. The van der Waals surface area contributed by atoms with E-state index >= 15 is 0 Å². The van der Waals surface area contributed by atoms with Crippen molar-refractivity contribution in [3.05, 3.63) is 12.7 Å². The second kappa shape index (κ2) is 8.97. The molecule has 5 heteroatoms. The predicted octanol–water partition coefficient (Wildman–Crippen LogP) is 2.43. The number of carbonyl (C=O) groups is 1. The van der Waals surface area contributed by atoms with Gasteiger partial charge in [-0.3, -0.25) is 0 Å². The first-order chi connectivity index (χ1) is 9.54. The largest absolute Gasteiger partial charge is 0.465 e. The van der Waals surface area contributed by atoms with E-state index in [0.717, 1.165) is 51.8 Å². The van der Waals surface area contributed by atoms with Crippen LogP contribution in [0.4, 0.5) is 4.79 Å². The number of hydrogen-bond donors (Lipinski definition) is 1. The summed E-state index contributed by atoms with van der Waals surface area (Å²) in [4.78, 5) is 14.5. The Balaban J connectivity index is 2.10. The molecule has 5 nitrogen and oxygen atoms in total. The fourth-order valence-electron chi connectivity index (χ4n) is 2.65. The smallest absolute Gasteiger partial charge is 0.407 e. The third-order valence-electron chi connectivity index (χ3n) is 3.97. The molecule has 1 N–H and O–H groups in total. The third-order valence-corrected chi connectivity index (χ3v) is 3.97. The number of nitrogens with zero attached hydrogens (tertiary/aromatic N) is 2. The van der Waals surface area contributed by atoms with Gasteiger partial charge < -0.3 is 19.6 Å². The van der Waals surface area contributed by atoms with Crippen molar-refractivity contribution >= 4 is 6.09 Å². The van der Waals surface area contributed by atoms with Gasteiger partial charge in [-0.15, -0.1) is 6.58 Å². The molecule has 116 valence electrons. The molecule has 1 amide bonds. The monoisotopic (exact) mass is 284 g/mol. The normalized spacial score (nSPS) is 22.8. The Kier molecular flexibility index (Phi) is 7.62. The first-order valence-corrected chi connectivity index (χ1v) is 7.41. The van der Waals surface area contributed by atoms with Crippen molar-refractivity contribution in [3.63, 3.8) is 0 Å². The summed E-state index contributed by atoms with van der Waals surface area (Å²) in [5.41, 5.74) is 0. The van der Waals surface area contributed by atoms with Crippen molar-refractivity contribution in [1.82, 2.24) is 9.80 Å². The Morgan fingerprint density at radius 1 is 1.35 bits per heavy atom. The molecule has 0 unspecified atom stereocenters. The molecule has 0 radical (unpaired) electrons. The van der Waals surface area contributed by atoms with Crippen LogP contribution in [-0.2, 0) is 4.74 Å². The van der Waals surface area contributed by atoms with Crippen molar-refractivity contribution in [1.29, 1.82) is 0 Å². The quantitative estimate of drug-likeness (QED) is 0.549. The van der Waals surface area contributed by atoms with E-state index in [4.69, 9.17) is 9.84 Å². The number of rotatable bonds is 8. The standard InChI is InChI=1S/C15H28N2O3/c1-4-10-16(2)11-5-12-20-14-8-6-13(7-9-14)17(3)15(18)19/h4,13-14H,1,5-12H2,2-3H3,(H,18,19). The highest BCUT2D eigenvalue weighted by atomic mass is 16.5. The van der Waals surface area contributed by atoms with Crippen LogP contribution in [0.5, 0.6) is 0 Å². The lowest BCUT2D eigenvalue weighted by Gasteiger charge is -2.33. The van der Waals surface area contributed by atoms with Crippen molar-refractivity contribution in [2.24, 2.45) is 0 Å². The lowest BCUT2D eigenvalue weighted by atomic mass is 9.92. The highest BCUT2D eigenvalue weighted by molar-refractivity contribution is 5.64. The molecule has 1 rings (SSSR count). The molecule has 0 saturated heterocycles. The van der Waals surface area contributed by atoms with Crippen LogP contribution in [0, 0.1) is 0 Å². The molecule has 0 heterocycles. The molecule has 20 heavy (non-hydrogen) atoms. The van der Waals surface area contributed by atoms with Crippen LogP contribution in [0.1, 0.15) is 32.1 Å². The maximum absolute atomic E-state index is 10.9. The minimum absolute atomic E-state index is 0.158. The van der Waals surface area contributed by atoms with Gasteiger partial charge in [-0.05, 0) is 39.2 Å². The van der Waals surface area contributed by atoms with E-state index in [9.17, 15) is 4.79 Å². The van der Waals surface area contributed by atoms with E-state index in [0.29, 0.717) is 6.10 Å². The van der Waals surface area contributed by atoms with Gasteiger partial charge in [0, 0.05) is 32.8 Å². The van der Waals surface area contributed by atoms with E-state index in [2.05, 4.69) is 18.5 Å². The summed E-state index contributed by atoms with van der Waals surface area (Å²) in [7, 11) is 3.73. The predicted molar refractivity (Wildman–Crippen MR) is 80.1 cm³/mol. The van der Waals surface area contributed by atoms with Gasteiger partial charge in [0.25, 0.3) is 0 Å². The van der Waals surface area contributed by atoms with Gasteiger partial charge in [-0.25, -0.2) is 4.79 Å². The van der Waals surface area contributed by atoms with Crippen molar-refractivity contribution in [3.8, 4) is 0 Å². The molecule has 0 aromatic rings. The van der Waals surface area contributed by atoms with Gasteiger partial charge in [0.15, 0.2) is 0 Å². The van der Waals surface area contributed by atoms with Gasteiger partial charge in [-0.1, -0.05) is 6.08 Å². The first-order valence-electron chi connectivity index (χ1n) is 7.41. The first kappa shape index (κ1) is 17.0. The Hall–Kier alpha value is -1.07. The van der Waals surface area contributed by atoms with Crippen LogP contribution >= 0.6 is 0 Å². The lowest BCUT2D eigenvalue weighted by molar-refractivity contribution is 0.00876. The summed E-state index contributed by atoms with van der Waals surface area (Å²) in [5.74, 6) is 0. The van der Waals surface area contributed by atoms with E-state index in [1.165, 1.54) is 4.90 Å². The summed E-state index contributed by atoms with van der Waals surface area (Å²) >= 11 is 0. The highest BCUT2D eigenvalue weighted by Gasteiger charge is 2.26. The van der Waals surface area contributed by atoms with E-state index in [1.807, 2.05) is 6.08 Å². The SMILES string of the molecule is C=CCN(C)CCCOC1CCC(N(C)C(=O)O)CC1. The van der Waals surface area contributed by atoms with Gasteiger partial charge in [0.1, 0.15) is 0 Å². The van der Waals surface area contributed by atoms with Gasteiger partial charge in [0.2, 0.25) is 0 Å². The van der Waals surface area contributed by atoms with Gasteiger partial charge in [0.05, 0.1) is 6.10 Å². The Morgan fingerprint density at radius 2 is 2.00 bits per heavy atom. The minimum Gasteiger partial charge on any atom is -0.465 e. The van der Waals surface area contributed by atoms with E-state index < -0.39 is 6.09 Å². The summed E-state index contributed by atoms with van der Waals surface area (Å²) in [6.07, 6.45) is 6.14. The van der Waals surface area contributed by atoms with Crippen molar-refractivity contribution < 1.29 is 14.6 Å². The fraction of sp³-hybridized carbons (Fsp3) is 0.800. The maximum atomic E-state index is 10.9. The number of amides is 1. The Labute approximate surface area is 122 Å². The van der Waals surface area contributed by atoms with Crippen LogP contribution < -0.4 is 0 Å². The number of carboxylic acid groups (broad SMARTS) is 1. The molecular formula is C15H28N2O3. The fourth-order valence-corrected chi connectivity index (χ4v) is 2.65. The van der Waals surface area contributed by atoms with Crippen molar-refractivity contribution in [2.75, 3.05) is 33.8 Å². The van der Waals surface area contributed by atoms with Crippen LogP contribution in [0.3, 0.4) is 0 Å². The second-order valence-electron chi connectivity index (χ2n) is 5.60.